The van der Waals surface area contributed by atoms with E-state index in [9.17, 15) is 0 Å². The molecule has 0 saturated carbocycles. The molecule has 0 bridgehead atoms. The molecular formula is C18H28N2. The second-order valence-electron chi connectivity index (χ2n) is 6.43. The zero-order valence-corrected chi connectivity index (χ0v) is 12.8. The first-order valence-corrected chi connectivity index (χ1v) is 8.42. The molecule has 1 aliphatic heterocycles. The Labute approximate surface area is 123 Å². The first-order valence-electron chi connectivity index (χ1n) is 8.42. The summed E-state index contributed by atoms with van der Waals surface area (Å²) in [6.07, 6.45) is 7.88. The van der Waals surface area contributed by atoms with Gasteiger partial charge in [0.15, 0.2) is 0 Å². The predicted octanol–water partition coefficient (Wildman–Crippen LogP) is 3.14. The first-order chi connectivity index (χ1) is 9.86. The highest BCUT2D eigenvalue weighted by atomic mass is 15.2. The van der Waals surface area contributed by atoms with Crippen molar-refractivity contribution in [3.8, 4) is 0 Å². The Morgan fingerprint density at radius 2 is 2.10 bits per heavy atom. The number of nitrogens with zero attached hydrogens (tertiary/aromatic N) is 1. The van der Waals surface area contributed by atoms with Crippen molar-refractivity contribution >= 4 is 0 Å². The average molecular weight is 272 g/mol. The van der Waals surface area contributed by atoms with Gasteiger partial charge in [0.25, 0.3) is 0 Å². The molecule has 2 aliphatic rings. The molecule has 1 saturated heterocycles. The monoisotopic (exact) mass is 272 g/mol. The van der Waals surface area contributed by atoms with E-state index in [0.29, 0.717) is 0 Å². The van der Waals surface area contributed by atoms with Crippen LogP contribution in [0.1, 0.15) is 49.3 Å². The van der Waals surface area contributed by atoms with E-state index in [0.717, 1.165) is 12.6 Å². The molecule has 2 heteroatoms. The summed E-state index contributed by atoms with van der Waals surface area (Å²) in [4.78, 5) is 2.70. The molecule has 2 nitrogen and oxygen atoms in total. The number of benzene rings is 1. The second kappa shape index (κ2) is 6.73. The molecule has 0 aromatic heterocycles. The number of fused-ring (bicyclic) bond motifs is 1. The Hall–Kier alpha value is -0.860. The standard InChI is InChI=1S/C18H28N2/c1-2-11-20(18-7-4-10-19-13-18)14-15-8-9-16-5-3-6-17(16)12-15/h8-9,12,18-19H,2-7,10-11,13-14H2,1H3. The topological polar surface area (TPSA) is 15.3 Å². The highest BCUT2D eigenvalue weighted by Crippen LogP contribution is 2.24. The van der Waals surface area contributed by atoms with Crippen molar-refractivity contribution in [2.75, 3.05) is 19.6 Å². The highest BCUT2D eigenvalue weighted by Gasteiger charge is 2.21. The van der Waals surface area contributed by atoms with Crippen molar-refractivity contribution < 1.29 is 0 Å². The van der Waals surface area contributed by atoms with E-state index < -0.39 is 0 Å². The Morgan fingerprint density at radius 3 is 2.90 bits per heavy atom. The van der Waals surface area contributed by atoms with E-state index in [2.05, 4.69) is 35.3 Å². The molecule has 1 unspecified atom stereocenters. The largest absolute Gasteiger partial charge is 0.315 e. The zero-order chi connectivity index (χ0) is 13.8. The summed E-state index contributed by atoms with van der Waals surface area (Å²) in [6, 6.07) is 7.95. The van der Waals surface area contributed by atoms with Gasteiger partial charge in [0.05, 0.1) is 0 Å². The fourth-order valence-corrected chi connectivity index (χ4v) is 3.78. The molecule has 1 aliphatic carbocycles. The van der Waals surface area contributed by atoms with Crippen molar-refractivity contribution in [2.24, 2.45) is 0 Å². The number of aryl methyl sites for hydroxylation is 2. The van der Waals surface area contributed by atoms with Crippen LogP contribution >= 0.6 is 0 Å². The van der Waals surface area contributed by atoms with Crippen molar-refractivity contribution in [3.63, 3.8) is 0 Å². The predicted molar refractivity (Wildman–Crippen MR) is 85.1 cm³/mol. The Balaban J connectivity index is 1.68. The number of hydrogen-bond donors (Lipinski definition) is 1. The van der Waals surface area contributed by atoms with Gasteiger partial charge in [-0.05, 0) is 68.3 Å². The summed E-state index contributed by atoms with van der Waals surface area (Å²) in [6.45, 7) is 7.03. The lowest BCUT2D eigenvalue weighted by molar-refractivity contribution is 0.158. The summed E-state index contributed by atoms with van der Waals surface area (Å²) >= 11 is 0. The van der Waals surface area contributed by atoms with Crippen LogP contribution in [0, 0.1) is 0 Å². The highest BCUT2D eigenvalue weighted by molar-refractivity contribution is 5.35. The number of nitrogens with one attached hydrogen (secondary N) is 1. The van der Waals surface area contributed by atoms with Gasteiger partial charge in [0, 0.05) is 19.1 Å². The summed E-state index contributed by atoms with van der Waals surface area (Å²) in [5.74, 6) is 0. The minimum absolute atomic E-state index is 0.733. The molecule has 1 aromatic carbocycles. The zero-order valence-electron chi connectivity index (χ0n) is 12.8. The lowest BCUT2D eigenvalue weighted by atomic mass is 10.0. The van der Waals surface area contributed by atoms with E-state index >= 15 is 0 Å². The van der Waals surface area contributed by atoms with Gasteiger partial charge in [-0.3, -0.25) is 4.90 Å². The van der Waals surface area contributed by atoms with Crippen LogP contribution in [0.25, 0.3) is 0 Å². The van der Waals surface area contributed by atoms with Gasteiger partial charge in [0.1, 0.15) is 0 Å². The van der Waals surface area contributed by atoms with E-state index in [1.54, 1.807) is 11.1 Å². The quantitative estimate of drug-likeness (QED) is 0.886. The first kappa shape index (κ1) is 14.1. The maximum atomic E-state index is 3.56. The van der Waals surface area contributed by atoms with Crippen LogP contribution < -0.4 is 5.32 Å². The van der Waals surface area contributed by atoms with Gasteiger partial charge < -0.3 is 5.32 Å². The maximum absolute atomic E-state index is 3.56. The van der Waals surface area contributed by atoms with Crippen LogP contribution in [0.3, 0.4) is 0 Å². The fourth-order valence-electron chi connectivity index (χ4n) is 3.78. The molecule has 1 aromatic rings. The van der Waals surface area contributed by atoms with E-state index in [-0.39, 0.29) is 0 Å². The molecule has 1 N–H and O–H groups in total. The maximum Gasteiger partial charge on any atom is 0.0237 e. The lowest BCUT2D eigenvalue weighted by Crippen LogP contribution is -2.45. The molecule has 110 valence electrons. The smallest absolute Gasteiger partial charge is 0.0237 e. The van der Waals surface area contributed by atoms with Gasteiger partial charge in [-0.1, -0.05) is 25.1 Å². The molecule has 20 heavy (non-hydrogen) atoms. The SMILES string of the molecule is CCCN(Cc1ccc2c(c1)CCC2)C1CCCNC1. The fraction of sp³-hybridized carbons (Fsp3) is 0.667. The average Bonchev–Trinajstić information content (AvgIpc) is 2.95. The summed E-state index contributed by atoms with van der Waals surface area (Å²) in [5, 5.41) is 3.56. The lowest BCUT2D eigenvalue weighted by Gasteiger charge is -2.34. The van der Waals surface area contributed by atoms with Crippen LogP contribution in [-0.2, 0) is 19.4 Å². The summed E-state index contributed by atoms with van der Waals surface area (Å²) < 4.78 is 0. The Morgan fingerprint density at radius 1 is 1.20 bits per heavy atom. The van der Waals surface area contributed by atoms with Crippen LogP contribution in [-0.4, -0.2) is 30.6 Å². The number of piperidine rings is 1. The van der Waals surface area contributed by atoms with Gasteiger partial charge >= 0.3 is 0 Å². The van der Waals surface area contributed by atoms with E-state index in [4.69, 9.17) is 0 Å². The van der Waals surface area contributed by atoms with Gasteiger partial charge in [-0.2, -0.15) is 0 Å². The van der Waals surface area contributed by atoms with E-state index in [1.165, 1.54) is 63.7 Å². The van der Waals surface area contributed by atoms with Crippen molar-refractivity contribution in [1.29, 1.82) is 0 Å². The van der Waals surface area contributed by atoms with Crippen molar-refractivity contribution in [3.05, 3.63) is 34.9 Å². The van der Waals surface area contributed by atoms with Crippen LogP contribution in [0.15, 0.2) is 18.2 Å². The van der Waals surface area contributed by atoms with Gasteiger partial charge in [-0.15, -0.1) is 0 Å². The molecular weight excluding hydrogens is 244 g/mol. The molecule has 0 spiro atoms. The van der Waals surface area contributed by atoms with E-state index in [1.807, 2.05) is 0 Å². The molecule has 1 fully saturated rings. The Bertz CT molecular complexity index is 435. The van der Waals surface area contributed by atoms with Crippen LogP contribution in [0.4, 0.5) is 0 Å². The third-order valence-corrected chi connectivity index (χ3v) is 4.85. The molecule has 1 atom stereocenters. The normalized spacial score (nSPS) is 22.2. The minimum Gasteiger partial charge on any atom is -0.315 e. The van der Waals surface area contributed by atoms with Gasteiger partial charge in [0.2, 0.25) is 0 Å². The third kappa shape index (κ3) is 3.24. The molecule has 0 amide bonds. The molecule has 0 radical (unpaired) electrons. The summed E-state index contributed by atoms with van der Waals surface area (Å²) in [7, 11) is 0. The van der Waals surface area contributed by atoms with Crippen molar-refractivity contribution in [2.45, 2.75) is 58.0 Å². The van der Waals surface area contributed by atoms with Crippen LogP contribution in [0.5, 0.6) is 0 Å². The molecule has 3 rings (SSSR count). The third-order valence-electron chi connectivity index (χ3n) is 4.85. The molecule has 1 heterocycles. The number of hydrogen-bond acceptors (Lipinski definition) is 2. The van der Waals surface area contributed by atoms with Gasteiger partial charge in [-0.25, -0.2) is 0 Å². The Kier molecular flexibility index (Phi) is 4.74. The second-order valence-corrected chi connectivity index (χ2v) is 6.43. The summed E-state index contributed by atoms with van der Waals surface area (Å²) in [5.41, 5.74) is 4.72. The minimum atomic E-state index is 0.733. The van der Waals surface area contributed by atoms with Crippen molar-refractivity contribution in [1.82, 2.24) is 10.2 Å². The van der Waals surface area contributed by atoms with Crippen LogP contribution in [0.2, 0.25) is 0 Å². The number of rotatable bonds is 5.